The first kappa shape index (κ1) is 24.1. The molecule has 0 bridgehead atoms. The van der Waals surface area contributed by atoms with Crippen LogP contribution in [0, 0.1) is 0 Å². The molecular weight excluding hydrogens is 516 g/mol. The van der Waals surface area contributed by atoms with Crippen molar-refractivity contribution in [2.75, 3.05) is 17.7 Å². The van der Waals surface area contributed by atoms with Gasteiger partial charge >= 0.3 is 5.97 Å². The fraction of sp³-hybridized carbons (Fsp3) is 0.240. The maximum atomic E-state index is 13.0. The Labute approximate surface area is 211 Å². The zero-order valence-electron chi connectivity index (χ0n) is 19.0. The van der Waals surface area contributed by atoms with Crippen LogP contribution in [-0.2, 0) is 16.1 Å². The molecule has 1 atom stereocenters. The molecule has 3 aromatic rings. The van der Waals surface area contributed by atoms with Crippen molar-refractivity contribution in [3.8, 4) is 5.75 Å². The summed E-state index contributed by atoms with van der Waals surface area (Å²) >= 11 is 5.03. The molecule has 0 saturated carbocycles. The van der Waals surface area contributed by atoms with Crippen LogP contribution in [0.25, 0.3) is 0 Å². The Hall–Kier alpha value is -3.04. The van der Waals surface area contributed by atoms with Crippen LogP contribution in [0.4, 0.5) is 5.95 Å². The monoisotopic (exact) mass is 540 g/mol. The molecule has 0 fully saturated rings. The third kappa shape index (κ3) is 5.37. The number of nitrogens with zero attached hydrogens (tertiary/aromatic N) is 3. The summed E-state index contributed by atoms with van der Waals surface area (Å²) in [6.07, 6.45) is 1.55. The second-order valence-electron chi connectivity index (χ2n) is 7.54. The lowest BCUT2D eigenvalue weighted by atomic mass is 9.96. The van der Waals surface area contributed by atoms with E-state index in [0.717, 1.165) is 27.1 Å². The molecule has 1 aliphatic rings. The molecule has 34 heavy (non-hydrogen) atoms. The van der Waals surface area contributed by atoms with Crippen molar-refractivity contribution >= 4 is 39.6 Å². The number of ether oxygens (including phenoxy) is 2. The van der Waals surface area contributed by atoms with Gasteiger partial charge in [0.15, 0.2) is 0 Å². The van der Waals surface area contributed by atoms with Gasteiger partial charge in [0, 0.05) is 10.2 Å². The van der Waals surface area contributed by atoms with Gasteiger partial charge in [-0.2, -0.15) is 4.98 Å². The first-order chi connectivity index (χ1) is 16.5. The number of carbonyl (C=O) groups is 1. The minimum Gasteiger partial charge on any atom is -0.489 e. The van der Waals surface area contributed by atoms with Crippen LogP contribution in [-0.4, -0.2) is 33.1 Å². The minimum absolute atomic E-state index is 0.131. The van der Waals surface area contributed by atoms with Crippen LogP contribution in [0.15, 0.2) is 82.1 Å². The fourth-order valence-corrected chi connectivity index (χ4v) is 4.65. The number of nitrogens with one attached hydrogen (secondary N) is 1. The number of hydrogen-bond acceptors (Lipinski definition) is 7. The smallest absolute Gasteiger partial charge is 0.338 e. The zero-order chi connectivity index (χ0) is 24.1. The number of anilines is 1. The van der Waals surface area contributed by atoms with Crippen LogP contribution < -0.4 is 10.1 Å². The van der Waals surface area contributed by atoms with Gasteiger partial charge in [-0.15, -0.1) is 5.10 Å². The van der Waals surface area contributed by atoms with Gasteiger partial charge in [0.25, 0.3) is 0 Å². The highest BCUT2D eigenvalue weighted by molar-refractivity contribution is 9.10. The number of hydrogen-bond donors (Lipinski definition) is 1. The van der Waals surface area contributed by atoms with Crippen molar-refractivity contribution in [3.63, 3.8) is 0 Å². The molecular formula is C25H25BrN4O3S. The number of fused-ring (bicyclic) bond motifs is 1. The first-order valence-electron chi connectivity index (χ1n) is 10.8. The topological polar surface area (TPSA) is 78.3 Å². The Balaban J connectivity index is 1.63. The molecule has 9 heteroatoms. The van der Waals surface area contributed by atoms with Crippen molar-refractivity contribution in [3.05, 3.63) is 88.1 Å². The van der Waals surface area contributed by atoms with Crippen molar-refractivity contribution in [1.29, 1.82) is 0 Å². The van der Waals surface area contributed by atoms with Gasteiger partial charge in [0.05, 0.1) is 5.57 Å². The van der Waals surface area contributed by atoms with Crippen LogP contribution in [0.2, 0.25) is 0 Å². The molecule has 0 saturated heterocycles. The molecule has 0 radical (unpaired) electrons. The minimum atomic E-state index is -0.480. The van der Waals surface area contributed by atoms with Gasteiger partial charge in [-0.1, -0.05) is 71.5 Å². The van der Waals surface area contributed by atoms with E-state index >= 15 is 0 Å². The summed E-state index contributed by atoms with van der Waals surface area (Å²) < 4.78 is 14.1. The van der Waals surface area contributed by atoms with Crippen LogP contribution >= 0.6 is 27.7 Å². The Morgan fingerprint density at radius 3 is 2.79 bits per heavy atom. The molecule has 2 heterocycles. The SMILES string of the molecule is C=CCOC(=O)C1=C(C)Nc2nc(SCC)nn2C1c1ccc(OCc2cccc(Br)c2)cc1. The fourth-order valence-electron chi connectivity index (χ4n) is 3.65. The van der Waals surface area contributed by atoms with Crippen molar-refractivity contribution < 1.29 is 14.3 Å². The number of rotatable bonds is 9. The second-order valence-corrected chi connectivity index (χ2v) is 9.68. The van der Waals surface area contributed by atoms with E-state index in [1.54, 1.807) is 22.5 Å². The second kappa shape index (κ2) is 10.9. The van der Waals surface area contributed by atoms with E-state index in [0.29, 0.717) is 29.0 Å². The first-order valence-corrected chi connectivity index (χ1v) is 12.6. The highest BCUT2D eigenvalue weighted by Gasteiger charge is 2.35. The molecule has 1 N–H and O–H groups in total. The van der Waals surface area contributed by atoms with Crippen LogP contribution in [0.5, 0.6) is 5.75 Å². The summed E-state index contributed by atoms with van der Waals surface area (Å²) in [5, 5.41) is 8.51. The molecule has 0 aliphatic carbocycles. The molecule has 2 aromatic carbocycles. The quantitative estimate of drug-likeness (QED) is 0.210. The standard InChI is InChI=1S/C25H25BrN4O3S/c1-4-13-32-23(31)21-16(3)27-24-28-25(34-5-2)29-30(24)22(21)18-9-11-20(12-10-18)33-15-17-7-6-8-19(26)14-17/h4,6-12,14,22H,1,5,13,15H2,2-3H3,(H,27,28,29). The van der Waals surface area contributed by atoms with E-state index < -0.39 is 12.0 Å². The van der Waals surface area contributed by atoms with Gasteiger partial charge in [0.2, 0.25) is 11.1 Å². The summed E-state index contributed by atoms with van der Waals surface area (Å²) in [5.41, 5.74) is 3.10. The number of benzene rings is 2. The Kier molecular flexibility index (Phi) is 7.74. The maximum Gasteiger partial charge on any atom is 0.338 e. The van der Waals surface area contributed by atoms with Crippen molar-refractivity contribution in [2.24, 2.45) is 0 Å². The zero-order valence-corrected chi connectivity index (χ0v) is 21.4. The Morgan fingerprint density at radius 1 is 1.29 bits per heavy atom. The maximum absolute atomic E-state index is 13.0. The molecule has 1 unspecified atom stereocenters. The van der Waals surface area contributed by atoms with Gasteiger partial charge < -0.3 is 14.8 Å². The van der Waals surface area contributed by atoms with E-state index in [1.165, 1.54) is 0 Å². The van der Waals surface area contributed by atoms with E-state index in [2.05, 4.69) is 37.9 Å². The summed E-state index contributed by atoms with van der Waals surface area (Å²) in [5.74, 6) is 1.75. The summed E-state index contributed by atoms with van der Waals surface area (Å²) in [7, 11) is 0. The average Bonchev–Trinajstić information content (AvgIpc) is 3.23. The molecule has 0 spiro atoms. The Bertz CT molecular complexity index is 1220. The molecule has 1 aliphatic heterocycles. The average molecular weight is 541 g/mol. The third-order valence-corrected chi connectivity index (χ3v) is 6.36. The lowest BCUT2D eigenvalue weighted by Crippen LogP contribution is -2.29. The molecule has 0 amide bonds. The van der Waals surface area contributed by atoms with E-state index in [-0.39, 0.29) is 6.61 Å². The lowest BCUT2D eigenvalue weighted by Gasteiger charge is -2.28. The molecule has 7 nitrogen and oxygen atoms in total. The van der Waals surface area contributed by atoms with Gasteiger partial charge in [-0.05, 0) is 48.1 Å². The molecule has 176 valence electrons. The number of allylic oxidation sites excluding steroid dienone is 1. The number of thioether (sulfide) groups is 1. The van der Waals surface area contributed by atoms with E-state index in [1.807, 2.05) is 62.4 Å². The van der Waals surface area contributed by atoms with Crippen LogP contribution in [0.1, 0.15) is 31.0 Å². The van der Waals surface area contributed by atoms with Crippen molar-refractivity contribution in [1.82, 2.24) is 14.8 Å². The molecule has 1 aromatic heterocycles. The normalized spacial score (nSPS) is 14.9. The summed E-state index contributed by atoms with van der Waals surface area (Å²) in [6, 6.07) is 15.2. The van der Waals surface area contributed by atoms with E-state index in [4.69, 9.17) is 9.47 Å². The lowest BCUT2D eigenvalue weighted by molar-refractivity contribution is -0.138. The number of aromatic nitrogens is 3. The number of carbonyl (C=O) groups excluding carboxylic acids is 1. The number of esters is 1. The largest absolute Gasteiger partial charge is 0.489 e. The predicted octanol–water partition coefficient (Wildman–Crippen LogP) is 5.75. The Morgan fingerprint density at radius 2 is 2.09 bits per heavy atom. The number of halogens is 1. The third-order valence-electron chi connectivity index (χ3n) is 5.15. The van der Waals surface area contributed by atoms with Crippen molar-refractivity contribution in [2.45, 2.75) is 31.7 Å². The van der Waals surface area contributed by atoms with Gasteiger partial charge in [-0.25, -0.2) is 9.48 Å². The van der Waals surface area contributed by atoms with Crippen LogP contribution in [0.3, 0.4) is 0 Å². The highest BCUT2D eigenvalue weighted by atomic mass is 79.9. The predicted molar refractivity (Wildman–Crippen MR) is 137 cm³/mol. The summed E-state index contributed by atoms with van der Waals surface area (Å²) in [6.45, 7) is 8.11. The van der Waals surface area contributed by atoms with E-state index in [9.17, 15) is 4.79 Å². The van der Waals surface area contributed by atoms with Gasteiger partial charge in [-0.3, -0.25) is 0 Å². The molecule has 4 rings (SSSR count). The van der Waals surface area contributed by atoms with Gasteiger partial charge in [0.1, 0.15) is 25.0 Å². The summed E-state index contributed by atoms with van der Waals surface area (Å²) in [4.78, 5) is 17.6. The highest BCUT2D eigenvalue weighted by Crippen LogP contribution is 2.37.